The minimum atomic E-state index is -0.556. The molecule has 2 N–H and O–H groups in total. The smallest absolute Gasteiger partial charge is 0.407 e. The molecule has 1 aliphatic heterocycles. The lowest BCUT2D eigenvalue weighted by Gasteiger charge is -2.41. The SMILES string of the molecule is C=CCOC(=O)NCc1ccc(C2OC(CSc3nnc(C)s3)C(C)C(c3ccc(CO)cc3)O2)cc1. The first-order valence-electron chi connectivity index (χ1n) is 12.0. The molecule has 1 saturated heterocycles. The molecule has 4 atom stereocenters. The molecule has 10 heteroatoms. The number of nitrogens with zero attached hydrogens (tertiary/aromatic N) is 2. The van der Waals surface area contributed by atoms with E-state index in [4.69, 9.17) is 14.2 Å². The average molecular weight is 542 g/mol. The van der Waals surface area contributed by atoms with E-state index in [1.807, 2.05) is 55.5 Å². The van der Waals surface area contributed by atoms with Crippen LogP contribution in [0.5, 0.6) is 0 Å². The van der Waals surface area contributed by atoms with Gasteiger partial charge in [0.25, 0.3) is 0 Å². The molecule has 0 bridgehead atoms. The third-order valence-electron chi connectivity index (χ3n) is 6.02. The van der Waals surface area contributed by atoms with Crippen molar-refractivity contribution >= 4 is 29.2 Å². The number of alkyl carbamates (subject to hydrolysis) is 1. The molecule has 37 heavy (non-hydrogen) atoms. The molecule has 1 aromatic heterocycles. The highest BCUT2D eigenvalue weighted by atomic mass is 32.2. The fourth-order valence-electron chi connectivity index (χ4n) is 3.95. The van der Waals surface area contributed by atoms with Gasteiger partial charge in [-0.3, -0.25) is 0 Å². The van der Waals surface area contributed by atoms with Crippen LogP contribution < -0.4 is 5.32 Å². The Morgan fingerprint density at radius 1 is 1.14 bits per heavy atom. The largest absolute Gasteiger partial charge is 0.445 e. The van der Waals surface area contributed by atoms with Gasteiger partial charge in [-0.2, -0.15) is 0 Å². The zero-order valence-corrected chi connectivity index (χ0v) is 22.5. The first-order chi connectivity index (χ1) is 18.0. The zero-order chi connectivity index (χ0) is 26.2. The first kappa shape index (κ1) is 27.3. The predicted octanol–water partition coefficient (Wildman–Crippen LogP) is 5.33. The van der Waals surface area contributed by atoms with Crippen LogP contribution in [-0.2, 0) is 27.4 Å². The average Bonchev–Trinajstić information content (AvgIpc) is 3.35. The molecule has 8 nitrogen and oxygen atoms in total. The summed E-state index contributed by atoms with van der Waals surface area (Å²) in [5.74, 6) is 0.804. The van der Waals surface area contributed by atoms with Gasteiger partial charge in [0.15, 0.2) is 10.6 Å². The Kier molecular flexibility index (Phi) is 9.70. The van der Waals surface area contributed by atoms with Crippen LogP contribution in [0.15, 0.2) is 65.5 Å². The molecule has 1 fully saturated rings. The van der Waals surface area contributed by atoms with E-state index in [9.17, 15) is 9.90 Å². The van der Waals surface area contributed by atoms with Gasteiger partial charge >= 0.3 is 6.09 Å². The molecule has 1 aliphatic rings. The van der Waals surface area contributed by atoms with Crippen molar-refractivity contribution in [2.45, 2.75) is 49.8 Å². The van der Waals surface area contributed by atoms with Crippen LogP contribution in [0.1, 0.15) is 46.6 Å². The predicted molar refractivity (Wildman–Crippen MR) is 143 cm³/mol. The standard InChI is InChI=1S/C27H31N3O5S2/c1-4-13-33-26(32)28-14-19-5-11-22(12-6-19)25-34-23(16-36-27-30-29-18(3)37-27)17(2)24(35-25)21-9-7-20(15-31)8-10-21/h4-12,17,23-25,31H,1,13-16H2,2-3H3,(H,28,32). The molecule has 196 valence electrons. The molecule has 3 aromatic rings. The third kappa shape index (κ3) is 7.39. The van der Waals surface area contributed by atoms with Crippen LogP contribution >= 0.6 is 23.1 Å². The Bertz CT molecular complexity index is 1170. The fourth-order valence-corrected chi connectivity index (χ4v) is 5.96. The highest BCUT2D eigenvalue weighted by Crippen LogP contribution is 2.43. The number of ether oxygens (including phenoxy) is 3. The molecular formula is C27H31N3O5S2. The maximum atomic E-state index is 11.7. The summed E-state index contributed by atoms with van der Waals surface area (Å²) in [5, 5.41) is 21.4. The van der Waals surface area contributed by atoms with Crippen molar-refractivity contribution in [1.82, 2.24) is 15.5 Å². The Morgan fingerprint density at radius 2 is 1.84 bits per heavy atom. The number of nitrogens with one attached hydrogen (secondary N) is 1. The topological polar surface area (TPSA) is 103 Å². The van der Waals surface area contributed by atoms with E-state index in [-0.39, 0.29) is 31.3 Å². The lowest BCUT2D eigenvalue weighted by Crippen LogP contribution is -2.38. The normalized spacial score (nSPS) is 21.4. The van der Waals surface area contributed by atoms with Gasteiger partial charge in [-0.05, 0) is 23.6 Å². The molecule has 0 radical (unpaired) electrons. The van der Waals surface area contributed by atoms with Crippen LogP contribution in [-0.4, -0.2) is 39.9 Å². The van der Waals surface area contributed by atoms with Crippen molar-refractivity contribution in [2.75, 3.05) is 12.4 Å². The van der Waals surface area contributed by atoms with Crippen LogP contribution in [0, 0.1) is 12.8 Å². The van der Waals surface area contributed by atoms with Gasteiger partial charge in [0.2, 0.25) is 0 Å². The van der Waals surface area contributed by atoms with Crippen molar-refractivity contribution in [3.05, 3.63) is 88.4 Å². The quantitative estimate of drug-likeness (QED) is 0.262. The third-order valence-corrected chi connectivity index (χ3v) is 8.08. The van der Waals surface area contributed by atoms with Gasteiger partial charge in [0, 0.05) is 23.8 Å². The molecule has 0 aliphatic carbocycles. The van der Waals surface area contributed by atoms with E-state index in [2.05, 4.69) is 29.0 Å². The van der Waals surface area contributed by atoms with Crippen LogP contribution in [0.4, 0.5) is 4.79 Å². The summed E-state index contributed by atoms with van der Waals surface area (Å²) in [7, 11) is 0. The number of amides is 1. The number of carbonyl (C=O) groups excluding carboxylic acids is 1. The second-order valence-electron chi connectivity index (χ2n) is 8.70. The minimum Gasteiger partial charge on any atom is -0.445 e. The van der Waals surface area contributed by atoms with E-state index in [1.165, 1.54) is 6.08 Å². The number of thioether (sulfide) groups is 1. The minimum absolute atomic E-state index is 0.000802. The van der Waals surface area contributed by atoms with Gasteiger partial charge in [-0.1, -0.05) is 91.2 Å². The molecule has 2 aromatic carbocycles. The van der Waals surface area contributed by atoms with Crippen molar-refractivity contribution in [3.63, 3.8) is 0 Å². The molecule has 1 amide bonds. The molecule has 4 rings (SSSR count). The molecular weight excluding hydrogens is 510 g/mol. The van der Waals surface area contributed by atoms with Crippen molar-refractivity contribution in [2.24, 2.45) is 5.92 Å². The van der Waals surface area contributed by atoms with Gasteiger partial charge in [-0.15, -0.1) is 10.2 Å². The summed E-state index contributed by atoms with van der Waals surface area (Å²) in [6.07, 6.45) is 0.206. The van der Waals surface area contributed by atoms with Gasteiger partial charge in [-0.25, -0.2) is 4.79 Å². The summed E-state index contributed by atoms with van der Waals surface area (Å²) < 4.78 is 18.8. The number of aryl methyl sites for hydroxylation is 1. The highest BCUT2D eigenvalue weighted by Gasteiger charge is 2.38. The number of aliphatic hydroxyl groups is 1. The van der Waals surface area contributed by atoms with Crippen molar-refractivity contribution < 1.29 is 24.1 Å². The fraction of sp³-hybridized carbons (Fsp3) is 0.370. The summed E-state index contributed by atoms with van der Waals surface area (Å²) in [6, 6.07) is 15.6. The Morgan fingerprint density at radius 3 is 2.49 bits per heavy atom. The number of carbonyl (C=O) groups is 1. The zero-order valence-electron chi connectivity index (χ0n) is 20.8. The number of hydrogen-bond acceptors (Lipinski definition) is 9. The van der Waals surface area contributed by atoms with Crippen LogP contribution in [0.2, 0.25) is 0 Å². The van der Waals surface area contributed by atoms with E-state index in [0.29, 0.717) is 6.54 Å². The summed E-state index contributed by atoms with van der Waals surface area (Å²) >= 11 is 3.22. The number of benzene rings is 2. The van der Waals surface area contributed by atoms with Gasteiger partial charge in [0.1, 0.15) is 11.6 Å². The van der Waals surface area contributed by atoms with Crippen LogP contribution in [0.25, 0.3) is 0 Å². The summed E-state index contributed by atoms with van der Waals surface area (Å²) in [4.78, 5) is 11.7. The van der Waals surface area contributed by atoms with Crippen molar-refractivity contribution in [3.8, 4) is 0 Å². The Balaban J connectivity index is 1.48. The second-order valence-corrected chi connectivity index (χ2v) is 11.2. The second kappa shape index (κ2) is 13.2. The number of aliphatic hydroxyl groups excluding tert-OH is 1. The Labute approximate surface area is 225 Å². The van der Waals surface area contributed by atoms with E-state index < -0.39 is 12.4 Å². The van der Waals surface area contributed by atoms with Gasteiger partial charge < -0.3 is 24.6 Å². The highest BCUT2D eigenvalue weighted by molar-refractivity contribution is 8.01. The van der Waals surface area contributed by atoms with Crippen LogP contribution in [0.3, 0.4) is 0 Å². The molecule has 4 unspecified atom stereocenters. The summed E-state index contributed by atoms with van der Waals surface area (Å²) in [6.45, 7) is 8.13. The number of aromatic nitrogens is 2. The summed E-state index contributed by atoms with van der Waals surface area (Å²) in [5.41, 5.74) is 3.72. The van der Waals surface area contributed by atoms with E-state index >= 15 is 0 Å². The monoisotopic (exact) mass is 541 g/mol. The molecule has 0 saturated carbocycles. The Hall–Kier alpha value is -2.76. The first-order valence-corrected chi connectivity index (χ1v) is 13.8. The van der Waals surface area contributed by atoms with E-state index in [1.54, 1.807) is 23.1 Å². The maximum absolute atomic E-state index is 11.7. The lowest BCUT2D eigenvalue weighted by molar-refractivity contribution is -0.268. The lowest BCUT2D eigenvalue weighted by atomic mass is 9.91. The molecule has 0 spiro atoms. The van der Waals surface area contributed by atoms with Gasteiger partial charge in [0.05, 0.1) is 18.8 Å². The number of hydrogen-bond donors (Lipinski definition) is 2. The van der Waals surface area contributed by atoms with E-state index in [0.717, 1.165) is 37.4 Å². The number of rotatable bonds is 10. The maximum Gasteiger partial charge on any atom is 0.407 e. The van der Waals surface area contributed by atoms with Crippen molar-refractivity contribution in [1.29, 1.82) is 0 Å². The molecule has 2 heterocycles.